The van der Waals surface area contributed by atoms with Crippen molar-refractivity contribution in [3.63, 3.8) is 0 Å². The number of rotatable bonds is 5. The van der Waals surface area contributed by atoms with E-state index in [1.54, 1.807) is 6.92 Å². The molecule has 148 valence electrons. The average Bonchev–Trinajstić information content (AvgIpc) is 3.40. The van der Waals surface area contributed by atoms with Crippen molar-refractivity contribution in [1.82, 2.24) is 15.5 Å². The molecule has 4 amide bonds. The number of amides is 4. The summed E-state index contributed by atoms with van der Waals surface area (Å²) in [5.74, 6) is 2.27. The molecule has 2 atom stereocenters. The van der Waals surface area contributed by atoms with Crippen molar-refractivity contribution in [3.8, 4) is 0 Å². The first-order valence-corrected chi connectivity index (χ1v) is 10.7. The first kappa shape index (κ1) is 17.5. The highest BCUT2D eigenvalue weighted by atomic mass is 16.2. The van der Waals surface area contributed by atoms with Crippen molar-refractivity contribution in [3.05, 3.63) is 0 Å². The molecule has 1 heterocycles. The van der Waals surface area contributed by atoms with Crippen LogP contribution in [-0.2, 0) is 9.59 Å². The molecular formula is C21H31N3O3. The van der Waals surface area contributed by atoms with E-state index < -0.39 is 11.6 Å². The Labute approximate surface area is 160 Å². The lowest BCUT2D eigenvalue weighted by molar-refractivity contribution is -0.136. The molecule has 27 heavy (non-hydrogen) atoms. The first-order valence-electron chi connectivity index (χ1n) is 10.7. The second-order valence-electron chi connectivity index (χ2n) is 10.4. The number of nitrogens with one attached hydrogen (secondary N) is 2. The van der Waals surface area contributed by atoms with Gasteiger partial charge in [-0.15, -0.1) is 0 Å². The van der Waals surface area contributed by atoms with Crippen LogP contribution in [0.1, 0.15) is 65.2 Å². The fraction of sp³-hybridized carbons (Fsp3) is 0.857. The van der Waals surface area contributed by atoms with Crippen LogP contribution in [0.4, 0.5) is 4.79 Å². The topological polar surface area (TPSA) is 78.5 Å². The summed E-state index contributed by atoms with van der Waals surface area (Å²) in [7, 11) is 0. The quantitative estimate of drug-likeness (QED) is 0.727. The third-order valence-corrected chi connectivity index (χ3v) is 8.38. The molecule has 6 heteroatoms. The van der Waals surface area contributed by atoms with E-state index in [1.807, 2.05) is 0 Å². The van der Waals surface area contributed by atoms with E-state index in [4.69, 9.17) is 0 Å². The molecule has 6 aliphatic rings. The van der Waals surface area contributed by atoms with Crippen LogP contribution >= 0.6 is 0 Å². The first-order chi connectivity index (χ1) is 12.8. The minimum atomic E-state index is -0.817. The number of urea groups is 1. The fourth-order valence-electron chi connectivity index (χ4n) is 7.09. The summed E-state index contributed by atoms with van der Waals surface area (Å²) in [6.45, 7) is 3.76. The maximum absolute atomic E-state index is 12.7. The van der Waals surface area contributed by atoms with Crippen molar-refractivity contribution in [2.75, 3.05) is 6.54 Å². The van der Waals surface area contributed by atoms with Gasteiger partial charge in [0, 0.05) is 6.04 Å². The molecule has 6 fully saturated rings. The summed E-state index contributed by atoms with van der Waals surface area (Å²) in [6.07, 6.45) is 9.74. The van der Waals surface area contributed by atoms with E-state index >= 15 is 0 Å². The molecule has 1 saturated heterocycles. The van der Waals surface area contributed by atoms with Crippen molar-refractivity contribution >= 4 is 17.8 Å². The number of imide groups is 1. The van der Waals surface area contributed by atoms with Gasteiger partial charge in [-0.3, -0.25) is 14.5 Å². The van der Waals surface area contributed by atoms with Gasteiger partial charge < -0.3 is 10.6 Å². The summed E-state index contributed by atoms with van der Waals surface area (Å²) in [5.41, 5.74) is -0.590. The van der Waals surface area contributed by atoms with Crippen LogP contribution in [0.5, 0.6) is 0 Å². The lowest BCUT2D eigenvalue weighted by Crippen LogP contribution is -2.57. The van der Waals surface area contributed by atoms with Gasteiger partial charge in [0.15, 0.2) is 0 Å². The van der Waals surface area contributed by atoms with Gasteiger partial charge in [-0.25, -0.2) is 4.79 Å². The maximum atomic E-state index is 12.7. The number of carbonyl (C=O) groups is 3. The molecule has 6 rings (SSSR count). The Morgan fingerprint density at radius 1 is 1.15 bits per heavy atom. The van der Waals surface area contributed by atoms with Crippen molar-refractivity contribution < 1.29 is 14.4 Å². The van der Waals surface area contributed by atoms with Gasteiger partial charge >= 0.3 is 6.03 Å². The lowest BCUT2D eigenvalue weighted by Gasteiger charge is -2.59. The van der Waals surface area contributed by atoms with E-state index in [1.165, 1.54) is 38.5 Å². The van der Waals surface area contributed by atoms with Crippen LogP contribution in [0, 0.1) is 29.1 Å². The third-order valence-electron chi connectivity index (χ3n) is 8.38. The molecule has 0 aromatic carbocycles. The van der Waals surface area contributed by atoms with Crippen LogP contribution in [-0.4, -0.2) is 40.9 Å². The standard InChI is InChI=1S/C21H31N3O3/c1-12(21-8-13-5-14(9-21)7-15(6-13)10-21)22-17(25)11-24-18(26)20(2,16-3-4-16)23-19(24)27/h12-16H,3-11H2,1-2H3,(H,22,25)(H,23,27). The average molecular weight is 373 g/mol. The van der Waals surface area contributed by atoms with Crippen molar-refractivity contribution in [1.29, 1.82) is 0 Å². The molecule has 5 saturated carbocycles. The highest BCUT2D eigenvalue weighted by Gasteiger charge is 2.57. The second kappa shape index (κ2) is 5.71. The van der Waals surface area contributed by atoms with E-state index in [0.717, 1.165) is 35.5 Å². The highest BCUT2D eigenvalue weighted by molar-refractivity contribution is 6.09. The summed E-state index contributed by atoms with van der Waals surface area (Å²) in [4.78, 5) is 38.8. The second-order valence-corrected chi connectivity index (χ2v) is 10.4. The largest absolute Gasteiger partial charge is 0.352 e. The van der Waals surface area contributed by atoms with Crippen molar-refractivity contribution in [2.24, 2.45) is 29.1 Å². The zero-order chi connectivity index (χ0) is 19.0. The van der Waals surface area contributed by atoms with Gasteiger partial charge in [-0.1, -0.05) is 0 Å². The van der Waals surface area contributed by atoms with Gasteiger partial charge in [0.1, 0.15) is 12.1 Å². The van der Waals surface area contributed by atoms with E-state index in [-0.39, 0.29) is 35.7 Å². The molecule has 1 aliphatic heterocycles. The molecular weight excluding hydrogens is 342 g/mol. The Hall–Kier alpha value is -1.59. The number of hydrogen-bond acceptors (Lipinski definition) is 3. The number of carbonyl (C=O) groups excluding carboxylic acids is 3. The molecule has 6 nitrogen and oxygen atoms in total. The van der Waals surface area contributed by atoms with Gasteiger partial charge in [-0.05, 0) is 94.3 Å². The predicted octanol–water partition coefficient (Wildman–Crippen LogP) is 2.43. The Kier molecular flexibility index (Phi) is 3.70. The highest BCUT2D eigenvalue weighted by Crippen LogP contribution is 2.61. The molecule has 5 aliphatic carbocycles. The zero-order valence-corrected chi connectivity index (χ0v) is 16.4. The van der Waals surface area contributed by atoms with Crippen LogP contribution in [0.25, 0.3) is 0 Å². The molecule has 0 spiro atoms. The summed E-state index contributed by atoms with van der Waals surface area (Å²) >= 11 is 0. The molecule has 0 aromatic heterocycles. The summed E-state index contributed by atoms with van der Waals surface area (Å²) in [6, 6.07) is -0.319. The van der Waals surface area contributed by atoms with Crippen LogP contribution in [0.3, 0.4) is 0 Å². The third kappa shape index (κ3) is 2.70. The SMILES string of the molecule is CC(NC(=O)CN1C(=O)NC(C)(C2CC2)C1=O)C12CC3CC(CC(C3)C1)C2. The molecule has 2 N–H and O–H groups in total. The van der Waals surface area contributed by atoms with Gasteiger partial charge in [0.05, 0.1) is 0 Å². The summed E-state index contributed by atoms with van der Waals surface area (Å²) in [5, 5.41) is 5.98. The van der Waals surface area contributed by atoms with Gasteiger partial charge in [-0.2, -0.15) is 0 Å². The minimum absolute atomic E-state index is 0.106. The monoisotopic (exact) mass is 373 g/mol. The van der Waals surface area contributed by atoms with Crippen LogP contribution in [0.15, 0.2) is 0 Å². The lowest BCUT2D eigenvalue weighted by atomic mass is 9.48. The predicted molar refractivity (Wildman–Crippen MR) is 99.6 cm³/mol. The van der Waals surface area contributed by atoms with Crippen LogP contribution in [0.2, 0.25) is 0 Å². The Morgan fingerprint density at radius 3 is 2.22 bits per heavy atom. The van der Waals surface area contributed by atoms with Gasteiger partial charge in [0.2, 0.25) is 5.91 Å². The minimum Gasteiger partial charge on any atom is -0.352 e. The van der Waals surface area contributed by atoms with E-state index in [0.29, 0.717) is 0 Å². The normalized spacial score (nSPS) is 43.8. The smallest absolute Gasteiger partial charge is 0.325 e. The fourth-order valence-corrected chi connectivity index (χ4v) is 7.09. The Bertz CT molecular complexity index is 666. The zero-order valence-electron chi connectivity index (χ0n) is 16.4. The molecule has 4 bridgehead atoms. The summed E-state index contributed by atoms with van der Waals surface area (Å²) < 4.78 is 0. The van der Waals surface area contributed by atoms with Crippen molar-refractivity contribution in [2.45, 2.75) is 76.8 Å². The Balaban J connectivity index is 1.23. The van der Waals surface area contributed by atoms with E-state index in [2.05, 4.69) is 17.6 Å². The maximum Gasteiger partial charge on any atom is 0.325 e. The van der Waals surface area contributed by atoms with Gasteiger partial charge in [0.25, 0.3) is 5.91 Å². The number of nitrogens with zero attached hydrogens (tertiary/aromatic N) is 1. The Morgan fingerprint density at radius 2 is 1.70 bits per heavy atom. The van der Waals surface area contributed by atoms with Crippen LogP contribution < -0.4 is 10.6 Å². The van der Waals surface area contributed by atoms with E-state index in [9.17, 15) is 14.4 Å². The molecule has 0 radical (unpaired) electrons. The molecule has 0 aromatic rings. The number of hydrogen-bond donors (Lipinski definition) is 2. The molecule has 2 unspecified atom stereocenters.